The van der Waals surface area contributed by atoms with Gasteiger partial charge in [-0.3, -0.25) is 4.79 Å². The normalized spacial score (nSPS) is 11.4. The summed E-state index contributed by atoms with van der Waals surface area (Å²) in [5.74, 6) is -1.43. The molecule has 2 rings (SSSR count). The Morgan fingerprint density at radius 2 is 1.58 bits per heavy atom. The Bertz CT molecular complexity index is 729. The first-order valence-electron chi connectivity index (χ1n) is 7.80. The van der Waals surface area contributed by atoms with Gasteiger partial charge in [0, 0.05) is 5.56 Å². The molecule has 4 heteroatoms. The van der Waals surface area contributed by atoms with E-state index in [1.807, 2.05) is 56.3 Å². The zero-order valence-electron chi connectivity index (χ0n) is 13.8. The molecule has 0 fully saturated rings. The number of carbonyl (C=O) groups excluding carboxylic acids is 1. The van der Waals surface area contributed by atoms with Gasteiger partial charge < -0.3 is 10.4 Å². The highest BCUT2D eigenvalue weighted by Crippen LogP contribution is 2.19. The summed E-state index contributed by atoms with van der Waals surface area (Å²) in [5.41, 5.74) is 3.53. The van der Waals surface area contributed by atoms with Crippen LogP contribution in [0, 0.1) is 0 Å². The summed E-state index contributed by atoms with van der Waals surface area (Å²) in [6.07, 6.45) is 2.07. The number of aliphatic carboxylic acids is 1. The average molecular weight is 323 g/mol. The predicted molar refractivity (Wildman–Crippen MR) is 94.8 cm³/mol. The number of allylic oxidation sites excluding steroid dienone is 1. The Balaban J connectivity index is 2.09. The quantitative estimate of drug-likeness (QED) is 0.793. The molecule has 0 aromatic heterocycles. The lowest BCUT2D eigenvalue weighted by molar-refractivity contribution is -0.139. The summed E-state index contributed by atoms with van der Waals surface area (Å²) in [4.78, 5) is 23.5. The van der Waals surface area contributed by atoms with E-state index in [-0.39, 0.29) is 12.3 Å². The fourth-order valence-corrected chi connectivity index (χ4v) is 2.26. The minimum Gasteiger partial charge on any atom is -0.480 e. The van der Waals surface area contributed by atoms with Crippen LogP contribution in [0.5, 0.6) is 0 Å². The molecule has 124 valence electrons. The molecule has 0 radical (unpaired) electrons. The van der Waals surface area contributed by atoms with Crippen LogP contribution in [0.1, 0.15) is 30.6 Å². The van der Waals surface area contributed by atoms with Crippen LogP contribution in [0.25, 0.3) is 11.1 Å². The molecule has 0 aliphatic rings. The largest absolute Gasteiger partial charge is 0.480 e. The van der Waals surface area contributed by atoms with Gasteiger partial charge in [-0.25, -0.2) is 4.79 Å². The van der Waals surface area contributed by atoms with Crippen LogP contribution >= 0.6 is 0 Å². The van der Waals surface area contributed by atoms with Gasteiger partial charge in [0.2, 0.25) is 0 Å². The number of nitrogens with one attached hydrogen (secondary N) is 1. The number of amides is 1. The lowest BCUT2D eigenvalue weighted by Gasteiger charge is -2.13. The summed E-state index contributed by atoms with van der Waals surface area (Å²) < 4.78 is 0. The van der Waals surface area contributed by atoms with Crippen molar-refractivity contribution in [2.24, 2.45) is 0 Å². The number of carboxylic acid groups (broad SMARTS) is 1. The Morgan fingerprint density at radius 1 is 1.00 bits per heavy atom. The van der Waals surface area contributed by atoms with Crippen molar-refractivity contribution in [2.45, 2.75) is 26.3 Å². The maximum absolute atomic E-state index is 12.3. The van der Waals surface area contributed by atoms with Gasteiger partial charge in [0.15, 0.2) is 0 Å². The van der Waals surface area contributed by atoms with E-state index in [1.54, 1.807) is 18.2 Å². The van der Waals surface area contributed by atoms with Crippen LogP contribution in [0.3, 0.4) is 0 Å². The van der Waals surface area contributed by atoms with Crippen molar-refractivity contribution in [1.82, 2.24) is 5.32 Å². The standard InChI is InChI=1S/C20H21NO3/c1-14(2)8-13-18(20(23)24)21-19(22)17-11-9-16(10-12-17)15-6-4-3-5-7-15/h3-12,18H,13H2,1-2H3,(H,21,22)(H,23,24)/t18-/m1/s1. The highest BCUT2D eigenvalue weighted by molar-refractivity contribution is 5.97. The average Bonchev–Trinajstić information content (AvgIpc) is 2.59. The fraction of sp³-hybridized carbons (Fsp3) is 0.200. The lowest BCUT2D eigenvalue weighted by atomic mass is 10.0. The van der Waals surface area contributed by atoms with Crippen LogP contribution < -0.4 is 5.32 Å². The van der Waals surface area contributed by atoms with Gasteiger partial charge in [-0.05, 0) is 43.5 Å². The van der Waals surface area contributed by atoms with Gasteiger partial charge in [-0.15, -0.1) is 0 Å². The topological polar surface area (TPSA) is 66.4 Å². The number of benzene rings is 2. The first kappa shape index (κ1) is 17.5. The van der Waals surface area contributed by atoms with Crippen molar-refractivity contribution in [1.29, 1.82) is 0 Å². The highest BCUT2D eigenvalue weighted by Gasteiger charge is 2.19. The van der Waals surface area contributed by atoms with E-state index in [0.717, 1.165) is 16.7 Å². The summed E-state index contributed by atoms with van der Waals surface area (Å²) in [5, 5.41) is 11.8. The van der Waals surface area contributed by atoms with E-state index in [4.69, 9.17) is 0 Å². The third-order valence-corrected chi connectivity index (χ3v) is 3.62. The smallest absolute Gasteiger partial charge is 0.326 e. The molecule has 0 aliphatic heterocycles. The zero-order chi connectivity index (χ0) is 17.5. The fourth-order valence-electron chi connectivity index (χ4n) is 2.26. The van der Waals surface area contributed by atoms with E-state index >= 15 is 0 Å². The Kier molecular flexibility index (Phi) is 5.90. The van der Waals surface area contributed by atoms with Gasteiger partial charge >= 0.3 is 5.97 Å². The number of carboxylic acids is 1. The minimum atomic E-state index is -1.04. The number of hydrogen-bond acceptors (Lipinski definition) is 2. The van der Waals surface area contributed by atoms with E-state index in [0.29, 0.717) is 5.56 Å². The molecule has 2 aromatic carbocycles. The van der Waals surface area contributed by atoms with Gasteiger partial charge in [-0.2, -0.15) is 0 Å². The van der Waals surface area contributed by atoms with Gasteiger partial charge in [0.25, 0.3) is 5.91 Å². The summed E-state index contributed by atoms with van der Waals surface area (Å²) in [6, 6.07) is 16.0. The third kappa shape index (κ3) is 4.81. The van der Waals surface area contributed by atoms with Gasteiger partial charge in [-0.1, -0.05) is 54.1 Å². The van der Waals surface area contributed by atoms with Crippen molar-refractivity contribution in [2.75, 3.05) is 0 Å². The molecule has 0 bridgehead atoms. The highest BCUT2D eigenvalue weighted by atomic mass is 16.4. The SMILES string of the molecule is CC(C)=CC[C@@H](NC(=O)c1ccc(-c2ccccc2)cc1)C(=O)O. The molecule has 2 aromatic rings. The van der Waals surface area contributed by atoms with E-state index in [1.165, 1.54) is 0 Å². The second kappa shape index (κ2) is 8.11. The Hall–Kier alpha value is -2.88. The molecule has 2 N–H and O–H groups in total. The van der Waals surface area contributed by atoms with Crippen LogP contribution in [0.4, 0.5) is 0 Å². The summed E-state index contributed by atoms with van der Waals surface area (Å²) in [6.45, 7) is 3.78. The molecule has 0 spiro atoms. The first-order chi connectivity index (χ1) is 11.5. The minimum absolute atomic E-state index is 0.269. The second-order valence-electron chi connectivity index (χ2n) is 5.82. The van der Waals surface area contributed by atoms with Crippen LogP contribution in [0.2, 0.25) is 0 Å². The van der Waals surface area contributed by atoms with Gasteiger partial charge in [0.05, 0.1) is 0 Å². The Labute approximate surface area is 141 Å². The second-order valence-corrected chi connectivity index (χ2v) is 5.82. The molecular formula is C20H21NO3. The van der Waals surface area contributed by atoms with Crippen LogP contribution in [-0.4, -0.2) is 23.0 Å². The molecule has 1 atom stereocenters. The van der Waals surface area contributed by atoms with Crippen molar-refractivity contribution in [3.05, 3.63) is 71.8 Å². The molecule has 0 saturated heterocycles. The third-order valence-electron chi connectivity index (χ3n) is 3.62. The molecule has 24 heavy (non-hydrogen) atoms. The Morgan fingerprint density at radius 3 is 2.12 bits per heavy atom. The first-order valence-corrected chi connectivity index (χ1v) is 7.80. The molecule has 0 aliphatic carbocycles. The van der Waals surface area contributed by atoms with Crippen molar-refractivity contribution < 1.29 is 14.7 Å². The molecular weight excluding hydrogens is 302 g/mol. The molecule has 4 nitrogen and oxygen atoms in total. The number of hydrogen-bond donors (Lipinski definition) is 2. The number of rotatable bonds is 6. The van der Waals surface area contributed by atoms with Crippen molar-refractivity contribution >= 4 is 11.9 Å². The monoisotopic (exact) mass is 323 g/mol. The van der Waals surface area contributed by atoms with Crippen molar-refractivity contribution in [3.63, 3.8) is 0 Å². The lowest BCUT2D eigenvalue weighted by Crippen LogP contribution is -2.40. The van der Waals surface area contributed by atoms with E-state index in [2.05, 4.69) is 5.32 Å². The molecule has 0 heterocycles. The van der Waals surface area contributed by atoms with Crippen LogP contribution in [0.15, 0.2) is 66.2 Å². The van der Waals surface area contributed by atoms with Crippen molar-refractivity contribution in [3.8, 4) is 11.1 Å². The van der Waals surface area contributed by atoms with Crippen LogP contribution in [-0.2, 0) is 4.79 Å². The maximum atomic E-state index is 12.3. The number of carbonyl (C=O) groups is 2. The summed E-state index contributed by atoms with van der Waals surface area (Å²) in [7, 11) is 0. The summed E-state index contributed by atoms with van der Waals surface area (Å²) >= 11 is 0. The van der Waals surface area contributed by atoms with Gasteiger partial charge in [0.1, 0.15) is 6.04 Å². The van der Waals surface area contributed by atoms with E-state index < -0.39 is 12.0 Å². The molecule has 1 amide bonds. The van der Waals surface area contributed by atoms with E-state index in [9.17, 15) is 14.7 Å². The maximum Gasteiger partial charge on any atom is 0.326 e. The predicted octanol–water partition coefficient (Wildman–Crippen LogP) is 3.89. The molecule has 0 saturated carbocycles. The zero-order valence-corrected chi connectivity index (χ0v) is 13.8. The molecule has 0 unspecified atom stereocenters.